The first kappa shape index (κ1) is 20.5. The van der Waals surface area contributed by atoms with Crippen LogP contribution in [0, 0.1) is 5.92 Å². The number of halogens is 2. The van der Waals surface area contributed by atoms with Gasteiger partial charge in [0, 0.05) is 35.5 Å². The third-order valence-electron chi connectivity index (χ3n) is 5.15. The van der Waals surface area contributed by atoms with E-state index in [1.54, 1.807) is 25.1 Å². The summed E-state index contributed by atoms with van der Waals surface area (Å²) in [5, 5.41) is 0.948. The highest BCUT2D eigenvalue weighted by atomic mass is 79.9. The Kier molecular flexibility index (Phi) is 6.29. The molecule has 0 radical (unpaired) electrons. The molecule has 1 aliphatic rings. The SMILES string of the molecule is COc1ccc(-c2nccn3c(N(CCCF)CC4CC4)c(SC)nc23)c(Br)c1. The maximum atomic E-state index is 13.0. The van der Waals surface area contributed by atoms with Gasteiger partial charge in [-0.3, -0.25) is 13.8 Å². The standard InChI is InChI=1S/C21H24BrFN4OS/c1-28-15-6-7-16(17(22)12-15)18-19-25-20(29-2)21(27(19)11-9-24-18)26(10-3-8-23)13-14-4-5-14/h6-7,9,11-12,14H,3-5,8,10,13H2,1-2H3. The number of benzene rings is 1. The lowest BCUT2D eigenvalue weighted by Gasteiger charge is -2.24. The van der Waals surface area contributed by atoms with Gasteiger partial charge in [-0.15, -0.1) is 11.8 Å². The largest absolute Gasteiger partial charge is 0.497 e. The summed E-state index contributed by atoms with van der Waals surface area (Å²) in [5.41, 5.74) is 2.57. The molecule has 0 N–H and O–H groups in total. The number of hydrogen-bond acceptors (Lipinski definition) is 5. The number of methoxy groups -OCH3 is 1. The summed E-state index contributed by atoms with van der Waals surface area (Å²) in [6.45, 7) is 1.33. The van der Waals surface area contributed by atoms with Crippen LogP contribution in [0.5, 0.6) is 5.75 Å². The number of ether oxygens (including phenoxy) is 1. The van der Waals surface area contributed by atoms with E-state index in [1.165, 1.54) is 12.8 Å². The van der Waals surface area contributed by atoms with E-state index in [-0.39, 0.29) is 6.67 Å². The van der Waals surface area contributed by atoms with Gasteiger partial charge in [0.1, 0.15) is 22.3 Å². The Bertz CT molecular complexity index is 1010. The van der Waals surface area contributed by atoms with Crippen LogP contribution in [-0.2, 0) is 0 Å². The zero-order valence-corrected chi connectivity index (χ0v) is 19.0. The van der Waals surface area contributed by atoms with Crippen molar-refractivity contribution in [3.63, 3.8) is 0 Å². The van der Waals surface area contributed by atoms with Gasteiger partial charge in [0.25, 0.3) is 0 Å². The van der Waals surface area contributed by atoms with E-state index in [4.69, 9.17) is 9.72 Å². The number of fused-ring (bicyclic) bond motifs is 1. The van der Waals surface area contributed by atoms with Crippen LogP contribution in [0.1, 0.15) is 19.3 Å². The Balaban J connectivity index is 1.83. The Labute approximate surface area is 182 Å². The van der Waals surface area contributed by atoms with Gasteiger partial charge in [0.15, 0.2) is 5.65 Å². The molecule has 4 rings (SSSR count). The molecule has 154 valence electrons. The molecule has 2 aromatic heterocycles. The van der Waals surface area contributed by atoms with Gasteiger partial charge in [-0.25, -0.2) is 4.98 Å². The molecule has 0 aliphatic heterocycles. The summed E-state index contributed by atoms with van der Waals surface area (Å²) in [4.78, 5) is 11.9. The van der Waals surface area contributed by atoms with Crippen LogP contribution in [-0.4, -0.2) is 47.5 Å². The molecular formula is C21H24BrFN4OS. The lowest BCUT2D eigenvalue weighted by atomic mass is 10.1. The van der Waals surface area contributed by atoms with Crippen molar-refractivity contribution >= 4 is 39.2 Å². The van der Waals surface area contributed by atoms with Gasteiger partial charge in [-0.2, -0.15) is 0 Å². The first-order chi connectivity index (χ1) is 14.2. The highest BCUT2D eigenvalue weighted by Gasteiger charge is 2.28. The average molecular weight is 479 g/mol. The van der Waals surface area contributed by atoms with Crippen molar-refractivity contribution in [3.05, 3.63) is 35.1 Å². The van der Waals surface area contributed by atoms with Crippen LogP contribution >= 0.6 is 27.7 Å². The molecule has 5 nitrogen and oxygen atoms in total. The second-order valence-electron chi connectivity index (χ2n) is 7.19. The lowest BCUT2D eigenvalue weighted by molar-refractivity contribution is 0.414. The van der Waals surface area contributed by atoms with Crippen molar-refractivity contribution in [1.29, 1.82) is 0 Å². The van der Waals surface area contributed by atoms with Crippen LogP contribution in [0.2, 0.25) is 0 Å². The molecule has 1 fully saturated rings. The number of imidazole rings is 1. The fourth-order valence-corrected chi connectivity index (χ4v) is 4.65. The average Bonchev–Trinajstić information content (AvgIpc) is 3.48. The summed E-state index contributed by atoms with van der Waals surface area (Å²) in [5.74, 6) is 2.52. The van der Waals surface area contributed by atoms with Gasteiger partial charge < -0.3 is 9.64 Å². The highest BCUT2D eigenvalue weighted by molar-refractivity contribution is 9.10. The summed E-state index contributed by atoms with van der Waals surface area (Å²) in [6, 6.07) is 5.84. The lowest BCUT2D eigenvalue weighted by Crippen LogP contribution is -2.29. The zero-order chi connectivity index (χ0) is 20.4. The number of anilines is 1. The molecule has 1 aliphatic carbocycles. The van der Waals surface area contributed by atoms with E-state index in [0.717, 1.165) is 44.5 Å². The molecule has 3 aromatic rings. The molecule has 0 unspecified atom stereocenters. The fraction of sp³-hybridized carbons (Fsp3) is 0.429. The minimum atomic E-state index is -0.307. The molecule has 0 amide bonds. The van der Waals surface area contributed by atoms with Gasteiger partial charge >= 0.3 is 0 Å². The summed E-state index contributed by atoms with van der Waals surface area (Å²) in [7, 11) is 1.65. The third-order valence-corrected chi connectivity index (χ3v) is 6.46. The van der Waals surface area contributed by atoms with Crippen LogP contribution in [0.4, 0.5) is 10.2 Å². The number of aromatic nitrogens is 3. The number of alkyl halides is 1. The number of nitrogens with zero attached hydrogens (tertiary/aromatic N) is 4. The number of thioether (sulfide) groups is 1. The molecule has 0 bridgehead atoms. The molecule has 0 saturated heterocycles. The van der Waals surface area contributed by atoms with E-state index >= 15 is 0 Å². The Morgan fingerprint density at radius 2 is 2.21 bits per heavy atom. The van der Waals surface area contributed by atoms with Crippen LogP contribution in [0.3, 0.4) is 0 Å². The molecule has 8 heteroatoms. The first-order valence-corrected chi connectivity index (χ1v) is 11.7. The summed E-state index contributed by atoms with van der Waals surface area (Å²) < 4.78 is 21.3. The first-order valence-electron chi connectivity index (χ1n) is 9.72. The number of hydrogen-bond donors (Lipinski definition) is 0. The van der Waals surface area contributed by atoms with Crippen molar-refractivity contribution in [3.8, 4) is 17.0 Å². The molecule has 0 atom stereocenters. The minimum absolute atomic E-state index is 0.307. The van der Waals surface area contributed by atoms with E-state index in [0.29, 0.717) is 18.9 Å². The molecule has 1 aromatic carbocycles. The Morgan fingerprint density at radius 1 is 1.38 bits per heavy atom. The zero-order valence-electron chi connectivity index (χ0n) is 16.6. The van der Waals surface area contributed by atoms with Crippen molar-refractivity contribution in [2.75, 3.05) is 38.0 Å². The predicted molar refractivity (Wildman–Crippen MR) is 120 cm³/mol. The van der Waals surface area contributed by atoms with Gasteiger partial charge in [-0.05, 0) is 65.6 Å². The van der Waals surface area contributed by atoms with Crippen LogP contribution < -0.4 is 9.64 Å². The fourth-order valence-electron chi connectivity index (χ4n) is 3.52. The van der Waals surface area contributed by atoms with Crippen LogP contribution in [0.25, 0.3) is 16.9 Å². The molecule has 29 heavy (non-hydrogen) atoms. The van der Waals surface area contributed by atoms with Crippen molar-refractivity contribution in [2.24, 2.45) is 5.92 Å². The van der Waals surface area contributed by atoms with Crippen LogP contribution in [0.15, 0.2) is 40.1 Å². The Hall–Kier alpha value is -1.80. The maximum absolute atomic E-state index is 13.0. The highest BCUT2D eigenvalue weighted by Crippen LogP contribution is 2.38. The minimum Gasteiger partial charge on any atom is -0.497 e. The van der Waals surface area contributed by atoms with E-state index in [9.17, 15) is 4.39 Å². The maximum Gasteiger partial charge on any atom is 0.166 e. The summed E-state index contributed by atoms with van der Waals surface area (Å²) in [6.07, 6.45) is 8.82. The third kappa shape index (κ3) is 4.23. The quantitative estimate of drug-likeness (QED) is 0.381. The van der Waals surface area contributed by atoms with Gasteiger partial charge in [0.05, 0.1) is 13.8 Å². The predicted octanol–water partition coefficient (Wildman–Crippen LogP) is 5.47. The second-order valence-corrected chi connectivity index (χ2v) is 8.84. The van der Waals surface area contributed by atoms with E-state index in [1.807, 2.05) is 30.7 Å². The smallest absolute Gasteiger partial charge is 0.166 e. The van der Waals surface area contributed by atoms with Crippen molar-refractivity contribution in [2.45, 2.75) is 24.3 Å². The van der Waals surface area contributed by atoms with Gasteiger partial charge in [-0.1, -0.05) is 0 Å². The van der Waals surface area contributed by atoms with Crippen molar-refractivity contribution in [1.82, 2.24) is 14.4 Å². The monoisotopic (exact) mass is 478 g/mol. The topological polar surface area (TPSA) is 42.7 Å². The second kappa shape index (κ2) is 8.92. The summed E-state index contributed by atoms with van der Waals surface area (Å²) >= 11 is 5.26. The molecule has 1 saturated carbocycles. The van der Waals surface area contributed by atoms with E-state index in [2.05, 4.69) is 30.2 Å². The number of rotatable bonds is 9. The Morgan fingerprint density at radius 3 is 2.86 bits per heavy atom. The molecule has 0 spiro atoms. The molecular weight excluding hydrogens is 455 g/mol. The van der Waals surface area contributed by atoms with E-state index < -0.39 is 0 Å². The van der Waals surface area contributed by atoms with Gasteiger partial charge in [0.2, 0.25) is 0 Å². The molecule has 2 heterocycles. The normalized spacial score (nSPS) is 13.8. The van der Waals surface area contributed by atoms with Crippen molar-refractivity contribution < 1.29 is 9.13 Å².